The molecule has 4 aromatic rings. The topological polar surface area (TPSA) is 38.9 Å². The number of fused-ring (bicyclic) bond motifs is 1. The molecule has 0 amide bonds. The lowest BCUT2D eigenvalue weighted by molar-refractivity contribution is 0.561. The first kappa shape index (κ1) is 7.75. The third-order valence-electron chi connectivity index (χ3n) is 3.79. The maximum absolute atomic E-state index is 7.97. The van der Waals surface area contributed by atoms with Gasteiger partial charge in [-0.1, -0.05) is 30.3 Å². The van der Waals surface area contributed by atoms with Crippen molar-refractivity contribution >= 4 is 11.1 Å². The van der Waals surface area contributed by atoms with Crippen LogP contribution in [0.1, 0.15) is 29.4 Å². The molecule has 2 aromatic carbocycles. The molecule has 2 aromatic heterocycles. The fraction of sp³-hybridized carbons (Fsp3) is 0.143. The maximum atomic E-state index is 7.97. The molecule has 2 heterocycles. The van der Waals surface area contributed by atoms with E-state index in [2.05, 4.69) is 9.97 Å². The van der Waals surface area contributed by atoms with Crippen LogP contribution in [0, 0.1) is 20.6 Å². The Labute approximate surface area is 153 Å². The molecule has 0 aliphatic rings. The summed E-state index contributed by atoms with van der Waals surface area (Å²) in [4.78, 5) is 8.37. The van der Waals surface area contributed by atoms with E-state index in [9.17, 15) is 0 Å². The standard InChI is InChI=1S/C21H18N2O/c1-13-7-10-19(22-12-13)16-9-8-14(2)18(11-16)17-5-4-6-20-21(17)23-15(3)24-20/h4-12H,1-3H3/i1D3,2D3,3D3. The van der Waals surface area contributed by atoms with Crippen LogP contribution in [0.3, 0.4) is 0 Å². The van der Waals surface area contributed by atoms with Gasteiger partial charge in [0.1, 0.15) is 5.52 Å². The summed E-state index contributed by atoms with van der Waals surface area (Å²) in [6.45, 7) is -7.30. The van der Waals surface area contributed by atoms with E-state index < -0.39 is 26.4 Å². The van der Waals surface area contributed by atoms with Gasteiger partial charge in [0.2, 0.25) is 0 Å². The maximum Gasteiger partial charge on any atom is 0.192 e. The van der Waals surface area contributed by atoms with Gasteiger partial charge in [-0.25, -0.2) is 4.98 Å². The number of benzene rings is 2. The highest BCUT2D eigenvalue weighted by molar-refractivity contribution is 5.92. The summed E-state index contributed by atoms with van der Waals surface area (Å²) >= 11 is 0. The van der Waals surface area contributed by atoms with Crippen molar-refractivity contribution in [2.75, 3.05) is 0 Å². The Balaban J connectivity index is 1.92. The number of aromatic nitrogens is 2. The largest absolute Gasteiger partial charge is 0.441 e. The van der Waals surface area contributed by atoms with Gasteiger partial charge in [-0.2, -0.15) is 0 Å². The van der Waals surface area contributed by atoms with Crippen molar-refractivity contribution in [1.29, 1.82) is 0 Å². The number of hydrogen-bond donors (Lipinski definition) is 0. The van der Waals surface area contributed by atoms with Crippen LogP contribution in [0.5, 0.6) is 0 Å². The zero-order valence-electron chi connectivity index (χ0n) is 21.5. The van der Waals surface area contributed by atoms with Gasteiger partial charge < -0.3 is 4.42 Å². The number of aryl methyl sites for hydroxylation is 3. The van der Waals surface area contributed by atoms with Crippen LogP contribution in [0.2, 0.25) is 0 Å². The van der Waals surface area contributed by atoms with E-state index in [4.69, 9.17) is 16.8 Å². The summed E-state index contributed by atoms with van der Waals surface area (Å²) in [7, 11) is 0. The zero-order valence-corrected chi connectivity index (χ0v) is 12.5. The van der Waals surface area contributed by atoms with Gasteiger partial charge in [0.25, 0.3) is 0 Å². The number of rotatable bonds is 2. The molecule has 118 valence electrons. The molecule has 4 rings (SSSR count). The van der Waals surface area contributed by atoms with Crippen LogP contribution in [0.15, 0.2) is 59.1 Å². The molecule has 0 radical (unpaired) electrons. The number of oxazole rings is 1. The first-order valence-electron chi connectivity index (χ1n) is 11.8. The van der Waals surface area contributed by atoms with E-state index in [0.717, 1.165) is 0 Å². The van der Waals surface area contributed by atoms with Crippen LogP contribution in [0.4, 0.5) is 0 Å². The highest BCUT2D eigenvalue weighted by Crippen LogP contribution is 2.33. The smallest absolute Gasteiger partial charge is 0.192 e. The number of para-hydroxylation sites is 1. The SMILES string of the molecule is [2H]C([2H])([2H])c1ccc(-c2ccc(C([2H])([2H])[2H])c(-c3cccc4oc(C([2H])([2H])[2H])nc34)c2)nc1. The Morgan fingerprint density at radius 1 is 0.958 bits per heavy atom. The second-order valence-electron chi connectivity index (χ2n) is 5.36. The molecule has 0 spiro atoms. The lowest BCUT2D eigenvalue weighted by Crippen LogP contribution is -1.89. The molecule has 0 N–H and O–H groups in total. The summed E-state index contributed by atoms with van der Waals surface area (Å²) < 4.78 is 74.5. The fourth-order valence-electron chi connectivity index (χ4n) is 2.66. The quantitative estimate of drug-likeness (QED) is 0.490. The molecule has 0 atom stereocenters. The van der Waals surface area contributed by atoms with E-state index in [-0.39, 0.29) is 22.2 Å². The molecule has 0 saturated heterocycles. The first-order valence-corrected chi connectivity index (χ1v) is 7.27. The predicted molar refractivity (Wildman–Crippen MR) is 96.9 cm³/mol. The van der Waals surface area contributed by atoms with Gasteiger partial charge in [-0.05, 0) is 48.6 Å². The molecule has 0 fully saturated rings. The van der Waals surface area contributed by atoms with E-state index in [1.165, 1.54) is 18.3 Å². The Hall–Kier alpha value is -2.94. The minimum atomic E-state index is -2.56. The Morgan fingerprint density at radius 3 is 2.75 bits per heavy atom. The molecule has 3 heteroatoms. The van der Waals surface area contributed by atoms with Crippen LogP contribution >= 0.6 is 0 Å². The molecule has 0 aliphatic carbocycles. The van der Waals surface area contributed by atoms with Gasteiger partial charge >= 0.3 is 0 Å². The highest BCUT2D eigenvalue weighted by Gasteiger charge is 2.12. The fourth-order valence-corrected chi connectivity index (χ4v) is 2.66. The third kappa shape index (κ3) is 2.48. The van der Waals surface area contributed by atoms with Crippen LogP contribution in [-0.4, -0.2) is 9.97 Å². The summed E-state index contributed by atoms with van der Waals surface area (Å²) in [6, 6.07) is 12.5. The molecule has 0 unspecified atom stereocenters. The van der Waals surface area contributed by atoms with Crippen molar-refractivity contribution < 1.29 is 16.8 Å². The van der Waals surface area contributed by atoms with Crippen LogP contribution in [-0.2, 0) is 0 Å². The van der Waals surface area contributed by atoms with Gasteiger partial charge in [-0.15, -0.1) is 0 Å². The molecule has 0 aliphatic heterocycles. The zero-order chi connectivity index (χ0) is 24.2. The third-order valence-corrected chi connectivity index (χ3v) is 3.79. The number of hydrogen-bond acceptors (Lipinski definition) is 3. The van der Waals surface area contributed by atoms with E-state index in [1.807, 2.05) is 0 Å². The molecule has 0 saturated carbocycles. The summed E-state index contributed by atoms with van der Waals surface area (Å²) in [6.07, 6.45) is 1.26. The van der Waals surface area contributed by atoms with Gasteiger partial charge in [0, 0.05) is 36.5 Å². The van der Waals surface area contributed by atoms with Crippen molar-refractivity contribution in [3.05, 3.63) is 71.7 Å². The Morgan fingerprint density at radius 2 is 1.96 bits per heavy atom. The van der Waals surface area contributed by atoms with Crippen molar-refractivity contribution in [2.24, 2.45) is 0 Å². The van der Waals surface area contributed by atoms with Gasteiger partial charge in [-0.3, -0.25) is 4.98 Å². The molecule has 3 nitrogen and oxygen atoms in total. The summed E-state index contributed by atoms with van der Waals surface area (Å²) in [5.74, 6) is -0.432. The van der Waals surface area contributed by atoms with Crippen LogP contribution < -0.4 is 0 Å². The summed E-state index contributed by atoms with van der Waals surface area (Å²) in [5.41, 5.74) is 2.34. The number of pyridine rings is 1. The van der Waals surface area contributed by atoms with Crippen LogP contribution in [0.25, 0.3) is 33.5 Å². The average Bonchev–Trinajstić information content (AvgIpc) is 3.17. The molecule has 0 bridgehead atoms. The first-order chi connectivity index (χ1) is 15.2. The summed E-state index contributed by atoms with van der Waals surface area (Å²) in [5, 5.41) is 0. The Bertz CT molecular complexity index is 1320. The van der Waals surface area contributed by atoms with Crippen molar-refractivity contribution in [2.45, 2.75) is 20.6 Å². The van der Waals surface area contributed by atoms with E-state index in [0.29, 0.717) is 22.4 Å². The van der Waals surface area contributed by atoms with Gasteiger partial charge in [0.15, 0.2) is 11.5 Å². The average molecular weight is 323 g/mol. The van der Waals surface area contributed by atoms with Gasteiger partial charge in [0.05, 0.1) is 5.69 Å². The van der Waals surface area contributed by atoms with E-state index in [1.54, 1.807) is 36.4 Å². The Kier molecular flexibility index (Phi) is 1.81. The molecular formula is C21H18N2O. The normalized spacial score (nSPS) is 18.2. The van der Waals surface area contributed by atoms with Crippen molar-refractivity contribution in [1.82, 2.24) is 9.97 Å². The molecular weight excluding hydrogens is 296 g/mol. The van der Waals surface area contributed by atoms with Crippen molar-refractivity contribution in [3.63, 3.8) is 0 Å². The minimum Gasteiger partial charge on any atom is -0.441 e. The predicted octanol–water partition coefficient (Wildman–Crippen LogP) is 5.48. The van der Waals surface area contributed by atoms with Crippen molar-refractivity contribution in [3.8, 4) is 22.4 Å². The molecule has 24 heavy (non-hydrogen) atoms. The number of nitrogens with zero attached hydrogens (tertiary/aromatic N) is 2. The lowest BCUT2D eigenvalue weighted by atomic mass is 9.96. The highest BCUT2D eigenvalue weighted by atomic mass is 16.3. The second-order valence-corrected chi connectivity index (χ2v) is 5.36. The minimum absolute atomic E-state index is 0.0521. The van der Waals surface area contributed by atoms with E-state index >= 15 is 0 Å². The second kappa shape index (κ2) is 5.60. The lowest BCUT2D eigenvalue weighted by Gasteiger charge is -2.10. The monoisotopic (exact) mass is 323 g/mol.